The van der Waals surface area contributed by atoms with Crippen molar-refractivity contribution in [3.8, 4) is 0 Å². The summed E-state index contributed by atoms with van der Waals surface area (Å²) in [5.74, 6) is -0.453. The van der Waals surface area contributed by atoms with Crippen LogP contribution in [0.15, 0.2) is 66.7 Å². The van der Waals surface area contributed by atoms with Crippen molar-refractivity contribution in [1.29, 1.82) is 0 Å². The lowest BCUT2D eigenvalue weighted by Crippen LogP contribution is -2.34. The van der Waals surface area contributed by atoms with Gasteiger partial charge in [0, 0.05) is 36.3 Å². The summed E-state index contributed by atoms with van der Waals surface area (Å²) in [5.41, 5.74) is 1.76. The third kappa shape index (κ3) is 5.44. The van der Waals surface area contributed by atoms with E-state index in [1.807, 2.05) is 43.3 Å². The lowest BCUT2D eigenvalue weighted by atomic mass is 10.0. The number of benzene rings is 3. The summed E-state index contributed by atoms with van der Waals surface area (Å²) in [7, 11) is 0. The molecule has 0 atom stereocenters. The van der Waals surface area contributed by atoms with E-state index in [0.29, 0.717) is 36.3 Å². The lowest BCUT2D eigenvalue weighted by molar-refractivity contribution is -0.116. The van der Waals surface area contributed by atoms with E-state index in [1.165, 1.54) is 0 Å². The topological polar surface area (TPSA) is 87.3 Å². The van der Waals surface area contributed by atoms with Gasteiger partial charge in [0.25, 0.3) is 11.8 Å². The molecule has 30 heavy (non-hydrogen) atoms. The van der Waals surface area contributed by atoms with E-state index in [9.17, 15) is 14.4 Å². The first kappa shape index (κ1) is 21.0. The van der Waals surface area contributed by atoms with Crippen LogP contribution < -0.4 is 16.0 Å². The van der Waals surface area contributed by atoms with Crippen LogP contribution in [-0.4, -0.2) is 30.8 Å². The van der Waals surface area contributed by atoms with E-state index in [4.69, 9.17) is 0 Å². The molecule has 0 heterocycles. The first-order chi connectivity index (χ1) is 14.6. The summed E-state index contributed by atoms with van der Waals surface area (Å²) in [5, 5.41) is 10.3. The van der Waals surface area contributed by atoms with E-state index >= 15 is 0 Å². The quantitative estimate of drug-likeness (QED) is 0.501. The number of hydrogen-bond acceptors (Lipinski definition) is 3. The maximum atomic E-state index is 12.5. The standard InChI is InChI=1S/C24H25N3O3/c1-2-6-22(28)27-19-13-11-18(12-14-19)23(29)25-15-16-26-24(30)21-10-5-8-17-7-3-4-9-20(17)21/h3-5,7-14H,2,6,15-16H2,1H3,(H,25,29)(H,26,30)(H,27,28). The predicted molar refractivity (Wildman–Crippen MR) is 119 cm³/mol. The third-order valence-electron chi connectivity index (χ3n) is 4.64. The average molecular weight is 403 g/mol. The number of carbonyl (C=O) groups excluding carboxylic acids is 3. The Morgan fingerprint density at radius 3 is 2.17 bits per heavy atom. The number of rotatable bonds is 8. The fraction of sp³-hybridized carbons (Fsp3) is 0.208. The number of amides is 3. The average Bonchev–Trinajstić information content (AvgIpc) is 2.76. The van der Waals surface area contributed by atoms with E-state index in [-0.39, 0.29) is 17.7 Å². The first-order valence-electron chi connectivity index (χ1n) is 10.0. The second kappa shape index (κ2) is 10.2. The van der Waals surface area contributed by atoms with Gasteiger partial charge in [0.2, 0.25) is 5.91 Å². The van der Waals surface area contributed by atoms with Crippen molar-refractivity contribution >= 4 is 34.2 Å². The highest BCUT2D eigenvalue weighted by molar-refractivity contribution is 6.07. The van der Waals surface area contributed by atoms with Crippen molar-refractivity contribution in [2.75, 3.05) is 18.4 Å². The van der Waals surface area contributed by atoms with Crippen LogP contribution in [0, 0.1) is 0 Å². The molecule has 0 aromatic heterocycles. The van der Waals surface area contributed by atoms with Gasteiger partial charge < -0.3 is 16.0 Å². The number of fused-ring (bicyclic) bond motifs is 1. The molecule has 6 heteroatoms. The van der Waals surface area contributed by atoms with Gasteiger partial charge in [0.1, 0.15) is 0 Å². The maximum absolute atomic E-state index is 12.5. The third-order valence-corrected chi connectivity index (χ3v) is 4.64. The molecule has 0 saturated heterocycles. The molecule has 3 amide bonds. The molecule has 154 valence electrons. The van der Waals surface area contributed by atoms with E-state index in [0.717, 1.165) is 17.2 Å². The van der Waals surface area contributed by atoms with Crippen LogP contribution in [0.4, 0.5) is 5.69 Å². The summed E-state index contributed by atoms with van der Waals surface area (Å²) in [6, 6.07) is 20.0. The minimum atomic E-state index is -0.235. The van der Waals surface area contributed by atoms with Gasteiger partial charge in [-0.3, -0.25) is 14.4 Å². The molecule has 0 aliphatic carbocycles. The Balaban J connectivity index is 1.47. The summed E-state index contributed by atoms with van der Waals surface area (Å²) in [6.45, 7) is 2.57. The molecule has 0 saturated carbocycles. The van der Waals surface area contributed by atoms with Gasteiger partial charge >= 0.3 is 0 Å². The van der Waals surface area contributed by atoms with Crippen molar-refractivity contribution < 1.29 is 14.4 Å². The van der Waals surface area contributed by atoms with Crippen molar-refractivity contribution in [1.82, 2.24) is 10.6 Å². The van der Waals surface area contributed by atoms with Crippen molar-refractivity contribution in [3.05, 3.63) is 77.9 Å². The Hall–Kier alpha value is -3.67. The van der Waals surface area contributed by atoms with E-state index in [1.54, 1.807) is 30.3 Å². The zero-order valence-electron chi connectivity index (χ0n) is 16.9. The van der Waals surface area contributed by atoms with Gasteiger partial charge in [-0.2, -0.15) is 0 Å². The molecule has 3 aromatic carbocycles. The Morgan fingerprint density at radius 1 is 0.767 bits per heavy atom. The van der Waals surface area contributed by atoms with Gasteiger partial charge in [0.05, 0.1) is 0 Å². The van der Waals surface area contributed by atoms with E-state index < -0.39 is 0 Å². The molecule has 0 aliphatic rings. The maximum Gasteiger partial charge on any atom is 0.251 e. The first-order valence-corrected chi connectivity index (χ1v) is 10.0. The Kier molecular flexibility index (Phi) is 7.16. The highest BCUT2D eigenvalue weighted by atomic mass is 16.2. The fourth-order valence-electron chi connectivity index (χ4n) is 3.13. The molecule has 3 aromatic rings. The number of anilines is 1. The molecule has 0 fully saturated rings. The summed E-state index contributed by atoms with van der Waals surface area (Å²) in [6.07, 6.45) is 1.25. The summed E-state index contributed by atoms with van der Waals surface area (Å²) < 4.78 is 0. The second-order valence-corrected chi connectivity index (χ2v) is 6.91. The molecule has 6 nitrogen and oxygen atoms in total. The highest BCUT2D eigenvalue weighted by Gasteiger charge is 2.10. The number of hydrogen-bond donors (Lipinski definition) is 3. The van der Waals surface area contributed by atoms with Crippen LogP contribution in [0.5, 0.6) is 0 Å². The zero-order valence-corrected chi connectivity index (χ0v) is 16.9. The van der Waals surface area contributed by atoms with Crippen LogP contribution in [0.25, 0.3) is 10.8 Å². The number of carbonyl (C=O) groups is 3. The molecule has 3 N–H and O–H groups in total. The van der Waals surface area contributed by atoms with Gasteiger partial charge in [-0.1, -0.05) is 43.3 Å². The fourth-order valence-corrected chi connectivity index (χ4v) is 3.13. The predicted octanol–water partition coefficient (Wildman–Crippen LogP) is 3.74. The summed E-state index contributed by atoms with van der Waals surface area (Å²) in [4.78, 5) is 36.4. The van der Waals surface area contributed by atoms with Gasteiger partial charge in [-0.25, -0.2) is 0 Å². The van der Waals surface area contributed by atoms with Crippen LogP contribution in [0.1, 0.15) is 40.5 Å². The normalized spacial score (nSPS) is 10.4. The Morgan fingerprint density at radius 2 is 1.43 bits per heavy atom. The van der Waals surface area contributed by atoms with Gasteiger partial charge in [0.15, 0.2) is 0 Å². The molecular weight excluding hydrogens is 378 g/mol. The van der Waals surface area contributed by atoms with Gasteiger partial charge in [-0.15, -0.1) is 0 Å². The molecule has 0 spiro atoms. The smallest absolute Gasteiger partial charge is 0.251 e. The molecule has 0 bridgehead atoms. The van der Waals surface area contributed by atoms with Gasteiger partial charge in [-0.05, 0) is 47.5 Å². The van der Waals surface area contributed by atoms with Crippen LogP contribution in [-0.2, 0) is 4.79 Å². The van der Waals surface area contributed by atoms with E-state index in [2.05, 4.69) is 16.0 Å². The second-order valence-electron chi connectivity index (χ2n) is 6.91. The molecule has 0 aliphatic heterocycles. The number of nitrogens with one attached hydrogen (secondary N) is 3. The summed E-state index contributed by atoms with van der Waals surface area (Å²) >= 11 is 0. The largest absolute Gasteiger partial charge is 0.350 e. The molecule has 0 radical (unpaired) electrons. The Labute approximate surface area is 175 Å². The van der Waals surface area contributed by atoms with Crippen LogP contribution in [0.2, 0.25) is 0 Å². The van der Waals surface area contributed by atoms with Crippen molar-refractivity contribution in [3.63, 3.8) is 0 Å². The van der Waals surface area contributed by atoms with Crippen molar-refractivity contribution in [2.24, 2.45) is 0 Å². The highest BCUT2D eigenvalue weighted by Crippen LogP contribution is 2.18. The Bertz CT molecular complexity index is 1040. The zero-order chi connectivity index (χ0) is 21.3. The molecule has 0 unspecified atom stereocenters. The van der Waals surface area contributed by atoms with Crippen molar-refractivity contribution in [2.45, 2.75) is 19.8 Å². The van der Waals surface area contributed by atoms with Crippen LogP contribution in [0.3, 0.4) is 0 Å². The minimum absolute atomic E-state index is 0.0448. The monoisotopic (exact) mass is 403 g/mol. The SMILES string of the molecule is CCCC(=O)Nc1ccc(C(=O)NCCNC(=O)c2cccc3ccccc23)cc1. The van der Waals surface area contributed by atoms with Crippen LogP contribution >= 0.6 is 0 Å². The molecular formula is C24H25N3O3. The minimum Gasteiger partial charge on any atom is -0.350 e. The lowest BCUT2D eigenvalue weighted by Gasteiger charge is -2.10. The molecule has 3 rings (SSSR count).